The predicted molar refractivity (Wildman–Crippen MR) is 434 cm³/mol. The van der Waals surface area contributed by atoms with Crippen LogP contribution in [0.2, 0.25) is 0 Å². The smallest absolute Gasteiger partial charge is 0.333 e. The van der Waals surface area contributed by atoms with Gasteiger partial charge in [0.1, 0.15) is 22.5 Å². The van der Waals surface area contributed by atoms with Gasteiger partial charge < -0.3 is 27.6 Å². The molecule has 1 unspecified atom stereocenters. The highest BCUT2D eigenvalue weighted by molar-refractivity contribution is 6.91. The fourth-order valence-corrected chi connectivity index (χ4v) is 19.4. The van der Waals surface area contributed by atoms with Gasteiger partial charge in [-0.25, -0.2) is 0 Å². The minimum Gasteiger partial charge on any atom is -0.460 e. The summed E-state index contributed by atoms with van der Waals surface area (Å²) < 4.78 is 20.7. The Hall–Kier alpha value is -13.3. The molecule has 480 valence electrons. The molecule has 6 nitrogen and oxygen atoms in total. The molecular formula is C96H58B2N4O2. The van der Waals surface area contributed by atoms with E-state index in [0.29, 0.717) is 0 Å². The Morgan fingerprint density at radius 1 is 0.327 bits per heavy atom. The third-order valence-electron chi connectivity index (χ3n) is 23.6. The van der Waals surface area contributed by atoms with Gasteiger partial charge in [0.2, 0.25) is 0 Å². The highest BCUT2D eigenvalue weighted by Crippen LogP contribution is 2.57. The summed E-state index contributed by atoms with van der Waals surface area (Å²) in [5.41, 5.74) is 35.8. The molecule has 0 bridgehead atoms. The maximum atomic E-state index is 7.97. The number of aromatic nitrogens is 2. The minimum atomic E-state index is -0.230. The van der Waals surface area contributed by atoms with Gasteiger partial charge in [-0.05, 0) is 169 Å². The summed E-state index contributed by atoms with van der Waals surface area (Å²) >= 11 is 0. The molecule has 0 N–H and O–H groups in total. The van der Waals surface area contributed by atoms with Gasteiger partial charge >= 0.3 is 13.7 Å². The molecule has 19 aromatic rings. The van der Waals surface area contributed by atoms with Crippen LogP contribution in [0.25, 0.3) is 149 Å². The zero-order chi connectivity index (χ0) is 67.6. The molecule has 0 fully saturated rings. The van der Waals surface area contributed by atoms with Crippen molar-refractivity contribution in [2.75, 3.05) is 9.80 Å². The SMILES string of the molecule is C1=Cc2c(oc3cc4c5c(c23)-c2cc(-c3ccccc3)cc3c6cc(-c7ccccc7)ccc6n(c23)B5c2ccccc2N4c2ccccc2)C(c2cc3c4ccc(-c5ccccc5)c5c4n(c3cc2-c2ccccc2)B2c3ccccc3N(c3ccccc3)c3cc4c(oc6ccccc64)c-5c32)C1. The number of furan rings is 2. The third kappa shape index (κ3) is 7.60. The second-order valence-electron chi connectivity index (χ2n) is 28.7. The zero-order valence-electron chi connectivity index (χ0n) is 56.3. The summed E-state index contributed by atoms with van der Waals surface area (Å²) in [4.78, 5) is 5.01. The maximum Gasteiger partial charge on any atom is 0.333 e. The van der Waals surface area contributed by atoms with E-state index in [9.17, 15) is 0 Å². The van der Waals surface area contributed by atoms with Crippen LogP contribution < -0.4 is 31.7 Å². The molecule has 4 aromatic heterocycles. The first-order chi connectivity index (χ1) is 51.6. The lowest BCUT2D eigenvalue weighted by Crippen LogP contribution is -2.56. The second kappa shape index (κ2) is 21.1. The quantitative estimate of drug-likeness (QED) is 0.149. The fourth-order valence-electron chi connectivity index (χ4n) is 19.4. The third-order valence-corrected chi connectivity index (χ3v) is 23.6. The highest BCUT2D eigenvalue weighted by atomic mass is 16.3. The summed E-state index contributed by atoms with van der Waals surface area (Å²) in [6.07, 6.45) is 5.58. The standard InChI is InChI=1S/C96H58B2N4O2/c1-7-26-57(27-8-1)61-46-49-79-72(50-61)74-51-62(58-28-9-2-10-29-58)52-76-88-87-69-40-25-39-68(95(69)104-86(87)56-84-91(88)97(101(79)93(74)76)77-41-20-23-44-81(77)100(84)64-36-17-6-18-37-64)71-53-73-67-48-47-65(59-30-11-3-12-31-59)89-90-92-83(55-75-66-38-19-24-45-85(66)103-96(75)90)99(63-34-15-5-16-35-63)80-43-22-21-42-78(80)98(92)102(94(67)89)82(73)54-70(71)60-32-13-4-14-33-60/h1-38,40-56,68H,39H2. The van der Waals surface area contributed by atoms with Crippen LogP contribution in [0, 0.1) is 0 Å². The van der Waals surface area contributed by atoms with E-state index in [1.54, 1.807) is 0 Å². The van der Waals surface area contributed by atoms with Crippen molar-refractivity contribution in [3.05, 3.63) is 344 Å². The van der Waals surface area contributed by atoms with E-state index in [0.717, 1.165) is 101 Å². The number of fused-ring (bicyclic) bond motifs is 22. The molecule has 15 aromatic carbocycles. The van der Waals surface area contributed by atoms with Gasteiger partial charge in [-0.2, -0.15) is 0 Å². The number of nitrogens with zero attached hydrogens (tertiary/aromatic N) is 4. The number of rotatable bonds is 7. The monoisotopic (exact) mass is 1320 g/mol. The van der Waals surface area contributed by atoms with Gasteiger partial charge in [0.25, 0.3) is 0 Å². The number of benzene rings is 15. The topological polar surface area (TPSA) is 42.6 Å². The lowest BCUT2D eigenvalue weighted by atomic mass is 9.45. The summed E-state index contributed by atoms with van der Waals surface area (Å²) in [7, 11) is 0. The Bertz CT molecular complexity index is 6960. The van der Waals surface area contributed by atoms with Crippen LogP contribution in [0.5, 0.6) is 0 Å². The molecule has 0 amide bonds. The molecule has 0 radical (unpaired) electrons. The van der Waals surface area contributed by atoms with Crippen molar-refractivity contribution in [1.82, 2.24) is 8.96 Å². The summed E-state index contributed by atoms with van der Waals surface area (Å²) in [6, 6.07) is 120. The summed E-state index contributed by atoms with van der Waals surface area (Å²) in [6.45, 7) is -0.402. The molecule has 0 spiro atoms. The van der Waals surface area contributed by atoms with Gasteiger partial charge in [0.05, 0.1) is 0 Å². The molecule has 1 aliphatic carbocycles. The van der Waals surface area contributed by atoms with Crippen LogP contribution in [0.3, 0.4) is 0 Å². The maximum absolute atomic E-state index is 7.97. The first kappa shape index (κ1) is 56.5. The van der Waals surface area contributed by atoms with Crippen molar-refractivity contribution < 1.29 is 8.83 Å². The van der Waals surface area contributed by atoms with Crippen LogP contribution in [0.15, 0.2) is 336 Å². The van der Waals surface area contributed by atoms with E-state index in [4.69, 9.17) is 8.83 Å². The summed E-state index contributed by atoms with van der Waals surface area (Å²) in [5.74, 6) is 0.811. The minimum absolute atomic E-state index is 0.172. The molecule has 8 heterocycles. The molecule has 4 aliphatic heterocycles. The first-order valence-electron chi connectivity index (χ1n) is 36.3. The van der Waals surface area contributed by atoms with E-state index >= 15 is 0 Å². The lowest BCUT2D eigenvalue weighted by molar-refractivity contribution is 0.517. The van der Waals surface area contributed by atoms with Crippen molar-refractivity contribution in [3.8, 4) is 66.8 Å². The van der Waals surface area contributed by atoms with Crippen molar-refractivity contribution in [3.63, 3.8) is 0 Å². The molecule has 104 heavy (non-hydrogen) atoms. The molecule has 8 heteroatoms. The highest BCUT2D eigenvalue weighted by Gasteiger charge is 2.48. The summed E-state index contributed by atoms with van der Waals surface area (Å²) in [5, 5.41) is 8.24. The van der Waals surface area contributed by atoms with Crippen LogP contribution >= 0.6 is 0 Å². The number of allylic oxidation sites excluding steroid dienone is 1. The van der Waals surface area contributed by atoms with Crippen molar-refractivity contribution >= 4 is 152 Å². The number of anilines is 6. The largest absolute Gasteiger partial charge is 0.460 e. The van der Waals surface area contributed by atoms with E-state index in [1.165, 1.54) is 121 Å². The lowest BCUT2D eigenvalue weighted by Gasteiger charge is -2.40. The Morgan fingerprint density at radius 2 is 0.885 bits per heavy atom. The van der Waals surface area contributed by atoms with Crippen LogP contribution in [0.4, 0.5) is 34.1 Å². The fraction of sp³-hybridized carbons (Fsp3) is 0.0208. The predicted octanol–water partition coefficient (Wildman–Crippen LogP) is 22.6. The molecule has 0 saturated carbocycles. The second-order valence-corrected chi connectivity index (χ2v) is 28.7. The average molecular weight is 1320 g/mol. The van der Waals surface area contributed by atoms with E-state index in [-0.39, 0.29) is 19.6 Å². The molecular weight excluding hydrogens is 1260 g/mol. The van der Waals surface area contributed by atoms with E-state index in [1.807, 2.05) is 0 Å². The van der Waals surface area contributed by atoms with Gasteiger partial charge in [-0.3, -0.25) is 0 Å². The average Bonchev–Trinajstić information content (AvgIpc) is 1.44. The Labute approximate surface area is 599 Å². The van der Waals surface area contributed by atoms with E-state index in [2.05, 4.69) is 352 Å². The van der Waals surface area contributed by atoms with Crippen LogP contribution in [-0.4, -0.2) is 22.7 Å². The molecule has 0 saturated heterocycles. The van der Waals surface area contributed by atoms with Crippen molar-refractivity contribution in [2.45, 2.75) is 12.3 Å². The van der Waals surface area contributed by atoms with Crippen LogP contribution in [-0.2, 0) is 0 Å². The number of hydrogen-bond acceptors (Lipinski definition) is 4. The Balaban J connectivity index is 0.805. The van der Waals surface area contributed by atoms with Crippen molar-refractivity contribution in [2.24, 2.45) is 0 Å². The molecule has 5 aliphatic rings. The molecule has 1 atom stereocenters. The number of para-hydroxylation sites is 5. The van der Waals surface area contributed by atoms with Gasteiger partial charge in [0.15, 0.2) is 0 Å². The van der Waals surface area contributed by atoms with Gasteiger partial charge in [-0.15, -0.1) is 0 Å². The number of hydrogen-bond donors (Lipinski definition) is 0. The van der Waals surface area contributed by atoms with Gasteiger partial charge in [-0.1, -0.05) is 243 Å². The first-order valence-corrected chi connectivity index (χ1v) is 36.3. The Morgan fingerprint density at radius 3 is 1.57 bits per heavy atom. The van der Waals surface area contributed by atoms with Crippen LogP contribution in [0.1, 0.15) is 29.2 Å². The zero-order valence-corrected chi connectivity index (χ0v) is 56.3. The van der Waals surface area contributed by atoms with Crippen molar-refractivity contribution in [1.29, 1.82) is 0 Å². The van der Waals surface area contributed by atoms with E-state index < -0.39 is 0 Å². The van der Waals surface area contributed by atoms with Gasteiger partial charge in [0, 0.05) is 128 Å². The molecule has 24 rings (SSSR count). The normalized spacial score (nSPS) is 14.3. The Kier molecular flexibility index (Phi) is 11.5.